The quantitative estimate of drug-likeness (QED) is 0.710. The first kappa shape index (κ1) is 11.0. The van der Waals surface area contributed by atoms with Crippen molar-refractivity contribution < 1.29 is 14.7 Å². The van der Waals surface area contributed by atoms with E-state index in [4.69, 9.17) is 5.11 Å². The molecule has 80 valence electrons. The summed E-state index contributed by atoms with van der Waals surface area (Å²) in [4.78, 5) is 21.9. The summed E-state index contributed by atoms with van der Waals surface area (Å²) in [6.07, 6.45) is 1.43. The van der Waals surface area contributed by atoms with Crippen molar-refractivity contribution in [1.82, 2.24) is 10.0 Å². The van der Waals surface area contributed by atoms with Crippen molar-refractivity contribution in [3.8, 4) is 0 Å². The Labute approximate surface area is 83.3 Å². The van der Waals surface area contributed by atoms with Crippen LogP contribution in [-0.4, -0.2) is 46.6 Å². The number of nitrogens with zero attached hydrogens (tertiary/aromatic N) is 2. The van der Waals surface area contributed by atoms with Crippen LogP contribution >= 0.6 is 0 Å². The molecular formula is C9H16N2O3. The largest absolute Gasteiger partial charge is 0.481 e. The average molecular weight is 200 g/mol. The number of hydrazine groups is 1. The third kappa shape index (κ3) is 2.70. The third-order valence-corrected chi connectivity index (χ3v) is 2.34. The fourth-order valence-electron chi connectivity index (χ4n) is 1.62. The van der Waals surface area contributed by atoms with Gasteiger partial charge in [-0.1, -0.05) is 6.92 Å². The van der Waals surface area contributed by atoms with Crippen LogP contribution in [0.25, 0.3) is 0 Å². The second-order valence-corrected chi connectivity index (χ2v) is 3.31. The Hall–Kier alpha value is -1.10. The molecule has 0 aromatic heterocycles. The number of carboxylic acid groups (broad SMARTS) is 1. The molecule has 1 rings (SSSR count). The highest BCUT2D eigenvalue weighted by atomic mass is 16.4. The maximum Gasteiger partial charge on any atom is 0.305 e. The molecule has 1 aliphatic rings. The van der Waals surface area contributed by atoms with E-state index >= 15 is 0 Å². The van der Waals surface area contributed by atoms with E-state index in [0.29, 0.717) is 13.0 Å². The van der Waals surface area contributed by atoms with Gasteiger partial charge < -0.3 is 5.11 Å². The Morgan fingerprint density at radius 2 is 2.29 bits per heavy atom. The molecule has 1 N–H and O–H groups in total. The highest BCUT2D eigenvalue weighted by Crippen LogP contribution is 2.12. The first-order valence-corrected chi connectivity index (χ1v) is 4.92. The normalized spacial score (nSPS) is 18.6. The van der Waals surface area contributed by atoms with E-state index in [1.54, 1.807) is 5.01 Å². The molecule has 0 aromatic rings. The van der Waals surface area contributed by atoms with Gasteiger partial charge in [-0.2, -0.15) is 0 Å². The molecule has 0 atom stereocenters. The zero-order chi connectivity index (χ0) is 10.6. The fraction of sp³-hybridized carbons (Fsp3) is 0.778. The standard InChI is InChI=1S/C9H16N2O3/c1-2-10-6-3-4-8(12)11(10)7-5-9(13)14/h2-7H2,1H3,(H,13,14). The van der Waals surface area contributed by atoms with Gasteiger partial charge in [-0.25, -0.2) is 5.01 Å². The topological polar surface area (TPSA) is 60.9 Å². The number of amides is 1. The number of hydrogen-bond donors (Lipinski definition) is 1. The molecule has 1 fully saturated rings. The average Bonchev–Trinajstić information content (AvgIpc) is 2.15. The van der Waals surface area contributed by atoms with Crippen molar-refractivity contribution in [1.29, 1.82) is 0 Å². The minimum Gasteiger partial charge on any atom is -0.481 e. The van der Waals surface area contributed by atoms with Crippen molar-refractivity contribution in [2.45, 2.75) is 26.2 Å². The molecule has 0 unspecified atom stereocenters. The summed E-state index contributed by atoms with van der Waals surface area (Å²) in [6.45, 7) is 3.86. The number of aliphatic carboxylic acids is 1. The highest BCUT2D eigenvalue weighted by Gasteiger charge is 2.24. The lowest BCUT2D eigenvalue weighted by Crippen LogP contribution is -2.50. The first-order valence-electron chi connectivity index (χ1n) is 4.92. The molecule has 0 aliphatic carbocycles. The Balaban J connectivity index is 2.50. The Morgan fingerprint density at radius 3 is 2.86 bits per heavy atom. The van der Waals surface area contributed by atoms with Crippen LogP contribution < -0.4 is 0 Å². The summed E-state index contributed by atoms with van der Waals surface area (Å²) < 4.78 is 0. The van der Waals surface area contributed by atoms with Crippen molar-refractivity contribution in [2.24, 2.45) is 0 Å². The Bertz CT molecular complexity index is 230. The summed E-state index contributed by atoms with van der Waals surface area (Å²) in [5.41, 5.74) is 0. The van der Waals surface area contributed by atoms with Crippen molar-refractivity contribution in [2.75, 3.05) is 19.6 Å². The molecule has 0 radical (unpaired) electrons. The summed E-state index contributed by atoms with van der Waals surface area (Å²) in [5.74, 6) is -0.821. The van der Waals surface area contributed by atoms with Crippen LogP contribution in [0.4, 0.5) is 0 Å². The van der Waals surface area contributed by atoms with Gasteiger partial charge in [0.15, 0.2) is 0 Å². The maximum absolute atomic E-state index is 11.5. The SMILES string of the molecule is CCN1CCCC(=O)N1CCC(=O)O. The molecule has 5 heteroatoms. The van der Waals surface area contributed by atoms with Gasteiger partial charge in [0.25, 0.3) is 0 Å². The summed E-state index contributed by atoms with van der Waals surface area (Å²) in [6, 6.07) is 0. The molecule has 14 heavy (non-hydrogen) atoms. The van der Waals surface area contributed by atoms with Crippen LogP contribution in [0.15, 0.2) is 0 Å². The smallest absolute Gasteiger partial charge is 0.305 e. The number of carbonyl (C=O) groups is 2. The van der Waals surface area contributed by atoms with Crippen LogP contribution in [0, 0.1) is 0 Å². The van der Waals surface area contributed by atoms with E-state index in [9.17, 15) is 9.59 Å². The molecule has 1 aliphatic heterocycles. The van der Waals surface area contributed by atoms with E-state index in [-0.39, 0.29) is 12.3 Å². The minimum atomic E-state index is -0.862. The van der Waals surface area contributed by atoms with E-state index in [0.717, 1.165) is 19.5 Å². The van der Waals surface area contributed by atoms with E-state index < -0.39 is 5.97 Å². The molecule has 1 heterocycles. The van der Waals surface area contributed by atoms with Crippen LogP contribution in [0.2, 0.25) is 0 Å². The first-order chi connectivity index (χ1) is 6.65. The highest BCUT2D eigenvalue weighted by molar-refractivity contribution is 5.77. The predicted molar refractivity (Wildman–Crippen MR) is 50.4 cm³/mol. The molecule has 0 saturated carbocycles. The zero-order valence-electron chi connectivity index (χ0n) is 8.40. The van der Waals surface area contributed by atoms with Gasteiger partial charge in [0, 0.05) is 26.1 Å². The van der Waals surface area contributed by atoms with Crippen molar-refractivity contribution in [3.63, 3.8) is 0 Å². The number of rotatable bonds is 4. The van der Waals surface area contributed by atoms with Crippen LogP contribution in [-0.2, 0) is 9.59 Å². The lowest BCUT2D eigenvalue weighted by molar-refractivity contribution is -0.156. The lowest BCUT2D eigenvalue weighted by atomic mass is 10.2. The number of carbonyl (C=O) groups excluding carboxylic acids is 1. The van der Waals surface area contributed by atoms with Gasteiger partial charge in [-0.05, 0) is 6.42 Å². The predicted octanol–water partition coefficient (Wildman–Crippen LogP) is 0.320. The monoisotopic (exact) mass is 200 g/mol. The summed E-state index contributed by atoms with van der Waals surface area (Å²) >= 11 is 0. The lowest BCUT2D eigenvalue weighted by Gasteiger charge is -2.37. The van der Waals surface area contributed by atoms with E-state index in [2.05, 4.69) is 0 Å². The molecule has 5 nitrogen and oxygen atoms in total. The zero-order valence-corrected chi connectivity index (χ0v) is 8.40. The molecule has 1 amide bonds. The molecule has 0 bridgehead atoms. The second-order valence-electron chi connectivity index (χ2n) is 3.31. The van der Waals surface area contributed by atoms with Crippen molar-refractivity contribution in [3.05, 3.63) is 0 Å². The van der Waals surface area contributed by atoms with Gasteiger partial charge in [-0.3, -0.25) is 14.6 Å². The minimum absolute atomic E-state index is 0.0161. The van der Waals surface area contributed by atoms with Gasteiger partial charge in [0.1, 0.15) is 0 Å². The van der Waals surface area contributed by atoms with Crippen molar-refractivity contribution >= 4 is 11.9 Å². The summed E-state index contributed by atoms with van der Waals surface area (Å²) in [5, 5.41) is 12.0. The Morgan fingerprint density at radius 1 is 1.57 bits per heavy atom. The van der Waals surface area contributed by atoms with Gasteiger partial charge >= 0.3 is 5.97 Å². The van der Waals surface area contributed by atoms with Gasteiger partial charge in [0.05, 0.1) is 6.42 Å². The fourth-order valence-corrected chi connectivity index (χ4v) is 1.62. The summed E-state index contributed by atoms with van der Waals surface area (Å²) in [7, 11) is 0. The van der Waals surface area contributed by atoms with E-state index in [1.807, 2.05) is 11.9 Å². The number of carboxylic acids is 1. The third-order valence-electron chi connectivity index (χ3n) is 2.34. The Kier molecular flexibility index (Phi) is 3.88. The second kappa shape index (κ2) is 4.95. The molecule has 0 spiro atoms. The molecular weight excluding hydrogens is 184 g/mol. The van der Waals surface area contributed by atoms with Gasteiger partial charge in [0.2, 0.25) is 5.91 Å². The van der Waals surface area contributed by atoms with Crippen LogP contribution in [0.3, 0.4) is 0 Å². The molecule has 0 aromatic carbocycles. The maximum atomic E-state index is 11.5. The number of hydrogen-bond acceptors (Lipinski definition) is 3. The molecule has 1 saturated heterocycles. The van der Waals surface area contributed by atoms with Gasteiger partial charge in [-0.15, -0.1) is 0 Å². The van der Waals surface area contributed by atoms with Crippen LogP contribution in [0.5, 0.6) is 0 Å². The van der Waals surface area contributed by atoms with Crippen LogP contribution in [0.1, 0.15) is 26.2 Å². The van der Waals surface area contributed by atoms with E-state index in [1.165, 1.54) is 0 Å².